The fourth-order valence-corrected chi connectivity index (χ4v) is 13.3. The van der Waals surface area contributed by atoms with Crippen molar-refractivity contribution in [1.29, 1.82) is 0 Å². The van der Waals surface area contributed by atoms with Crippen molar-refractivity contribution in [2.75, 3.05) is 6.61 Å². The molecule has 12 nitrogen and oxygen atoms in total. The molecule has 0 aliphatic carbocycles. The van der Waals surface area contributed by atoms with Gasteiger partial charge in [-0.3, -0.25) is 4.79 Å². The smallest absolute Gasteiger partial charge is 0.408 e. The average molecular weight is 845 g/mol. The van der Waals surface area contributed by atoms with Gasteiger partial charge in [-0.15, -0.1) is 0 Å². The van der Waals surface area contributed by atoms with Gasteiger partial charge >= 0.3 is 18.2 Å². The number of hydrogen-bond donors (Lipinski definition) is 3. The number of carbonyl (C=O) groups is 4. The topological polar surface area (TPSA) is 174 Å². The number of ether oxygens (including phenoxy) is 2. The van der Waals surface area contributed by atoms with E-state index in [-0.39, 0.29) is 31.0 Å². The van der Waals surface area contributed by atoms with Crippen molar-refractivity contribution in [3.8, 4) is 0 Å². The maximum absolute atomic E-state index is 14.2. The number of alkyl carbamates (subject to hydrolysis) is 2. The number of rotatable bonds is 19. The van der Waals surface area contributed by atoms with Crippen LogP contribution in [0.5, 0.6) is 0 Å². The molecule has 0 radical (unpaired) electrons. The number of sulfone groups is 1. The Bertz CT molecular complexity index is 2050. The molecule has 0 aliphatic heterocycles. The third-order valence-corrected chi connectivity index (χ3v) is 16.9. The monoisotopic (exact) mass is 844 g/mol. The normalized spacial score (nSPS) is 13.7. The minimum atomic E-state index is -4.32. The molecule has 4 aromatic rings. The van der Waals surface area contributed by atoms with E-state index < -0.39 is 82.9 Å². The van der Waals surface area contributed by atoms with Crippen molar-refractivity contribution in [2.24, 2.45) is 0 Å². The Balaban J connectivity index is 1.67. The Hall–Kier alpha value is -5.31. The van der Waals surface area contributed by atoms with Crippen LogP contribution in [0.3, 0.4) is 0 Å². The lowest BCUT2D eigenvalue weighted by molar-refractivity contribution is -0.139. The molecule has 4 aromatic carbocycles. The van der Waals surface area contributed by atoms with Gasteiger partial charge in [0.1, 0.15) is 23.5 Å². The van der Waals surface area contributed by atoms with Crippen LogP contribution in [0.2, 0.25) is 5.04 Å². The predicted molar refractivity (Wildman–Crippen MR) is 229 cm³/mol. The fourth-order valence-electron chi connectivity index (χ4n) is 6.89. The quantitative estimate of drug-likeness (QED) is 0.0852. The summed E-state index contributed by atoms with van der Waals surface area (Å²) in [6.07, 6.45) is -2.89. The third kappa shape index (κ3) is 13.1. The Morgan fingerprint density at radius 3 is 1.68 bits per heavy atom. The standard InChI is InChI=1S/C45H56N2O10SSi/c1-44(2,3)57-43(52)47-38(41(49)50)28-29-39(48)40(58(53,54)35-21-13-8-14-22-35)30-27-34(46-42(51)55-31-33-19-11-7-12-20-33)32-56-59(45(4,5)6,36-23-15-9-16-24-36)37-25-17-10-18-26-37/h7-26,34,38,40H,27-32H2,1-6H3,(H,46,51)(H,47,52)(H,49,50)/t34-,38-,40?/m0/s1. The molecular weight excluding hydrogens is 789 g/mol. The van der Waals surface area contributed by atoms with Crippen LogP contribution in [0, 0.1) is 0 Å². The Morgan fingerprint density at radius 2 is 1.19 bits per heavy atom. The summed E-state index contributed by atoms with van der Waals surface area (Å²) < 4.78 is 46.4. The highest BCUT2D eigenvalue weighted by molar-refractivity contribution is 7.92. The summed E-state index contributed by atoms with van der Waals surface area (Å²) >= 11 is 0. The van der Waals surface area contributed by atoms with Crippen LogP contribution in [0.1, 0.15) is 72.8 Å². The lowest BCUT2D eigenvalue weighted by Gasteiger charge is -2.43. The van der Waals surface area contributed by atoms with Crippen molar-refractivity contribution in [2.45, 2.75) is 107 Å². The van der Waals surface area contributed by atoms with E-state index >= 15 is 0 Å². The fraction of sp³-hybridized carbons (Fsp3) is 0.378. The van der Waals surface area contributed by atoms with Gasteiger partial charge in [0, 0.05) is 6.42 Å². The molecule has 3 N–H and O–H groups in total. The summed E-state index contributed by atoms with van der Waals surface area (Å²) in [5, 5.41) is 15.0. The number of carboxylic acids is 1. The summed E-state index contributed by atoms with van der Waals surface area (Å²) in [4.78, 5) is 52.0. The number of aliphatic carboxylic acids is 1. The Labute approximate surface area is 348 Å². The van der Waals surface area contributed by atoms with Crippen molar-refractivity contribution < 1.29 is 46.6 Å². The minimum absolute atomic E-state index is 0.0134. The van der Waals surface area contributed by atoms with Crippen LogP contribution in [-0.4, -0.2) is 75.3 Å². The zero-order valence-corrected chi connectivity index (χ0v) is 36.4. The van der Waals surface area contributed by atoms with Gasteiger partial charge in [-0.25, -0.2) is 22.8 Å². The van der Waals surface area contributed by atoms with E-state index in [1.54, 1.807) is 39.0 Å². The van der Waals surface area contributed by atoms with Crippen LogP contribution >= 0.6 is 0 Å². The van der Waals surface area contributed by atoms with E-state index in [9.17, 15) is 32.7 Å². The van der Waals surface area contributed by atoms with Crippen LogP contribution in [-0.2, 0) is 39.9 Å². The highest BCUT2D eigenvalue weighted by Gasteiger charge is 2.50. The first-order chi connectivity index (χ1) is 27.8. The van der Waals surface area contributed by atoms with E-state index in [0.717, 1.165) is 15.9 Å². The molecule has 0 bridgehead atoms. The Kier molecular flexibility index (Phi) is 16.2. The highest BCUT2D eigenvalue weighted by atomic mass is 32.2. The first-order valence-corrected chi connectivity index (χ1v) is 23.0. The minimum Gasteiger partial charge on any atom is -0.480 e. The third-order valence-electron chi connectivity index (χ3n) is 9.70. The first-order valence-electron chi connectivity index (χ1n) is 19.6. The van der Waals surface area contributed by atoms with Gasteiger partial charge in [0.15, 0.2) is 15.6 Å². The number of carbonyl (C=O) groups excluding carboxylic acids is 3. The summed E-state index contributed by atoms with van der Waals surface area (Å²) in [6, 6.07) is 34.1. The van der Waals surface area contributed by atoms with Crippen molar-refractivity contribution in [1.82, 2.24) is 10.6 Å². The van der Waals surface area contributed by atoms with E-state index in [1.807, 2.05) is 91.0 Å². The molecule has 0 spiro atoms. The molecule has 1 unspecified atom stereocenters. The van der Waals surface area contributed by atoms with Crippen LogP contribution < -0.4 is 21.0 Å². The SMILES string of the molecule is CC(C)(C)OC(=O)N[C@@H](CCC(=O)C(CC[C@@H](CO[Si](c1ccccc1)(c1ccccc1)C(C)(C)C)NC(=O)OCc1ccccc1)S(=O)(=O)c1ccccc1)C(=O)O. The van der Waals surface area contributed by atoms with E-state index in [2.05, 4.69) is 31.4 Å². The van der Waals surface area contributed by atoms with Crippen molar-refractivity contribution >= 4 is 52.5 Å². The molecule has 0 saturated heterocycles. The highest BCUT2D eigenvalue weighted by Crippen LogP contribution is 2.37. The molecule has 0 aliphatic rings. The number of carboxylic acid groups (broad SMARTS) is 1. The lowest BCUT2D eigenvalue weighted by Crippen LogP contribution is -2.67. The van der Waals surface area contributed by atoms with Gasteiger partial charge in [-0.05, 0) is 73.1 Å². The van der Waals surface area contributed by atoms with E-state index in [0.29, 0.717) is 0 Å². The lowest BCUT2D eigenvalue weighted by atomic mass is 10.0. The number of hydrogen-bond acceptors (Lipinski definition) is 9. The maximum atomic E-state index is 14.2. The molecule has 0 aromatic heterocycles. The van der Waals surface area contributed by atoms with Gasteiger partial charge in [0.2, 0.25) is 0 Å². The van der Waals surface area contributed by atoms with Gasteiger partial charge in [0.05, 0.1) is 17.5 Å². The van der Waals surface area contributed by atoms with Crippen molar-refractivity contribution in [3.05, 3.63) is 127 Å². The van der Waals surface area contributed by atoms with Crippen LogP contribution in [0.4, 0.5) is 9.59 Å². The summed E-state index contributed by atoms with van der Waals surface area (Å²) in [6.45, 7) is 11.1. The molecule has 0 saturated carbocycles. The Morgan fingerprint density at radius 1 is 0.678 bits per heavy atom. The molecule has 0 fully saturated rings. The predicted octanol–water partition coefficient (Wildman–Crippen LogP) is 6.81. The van der Waals surface area contributed by atoms with Gasteiger partial charge in [-0.1, -0.05) is 130 Å². The van der Waals surface area contributed by atoms with Gasteiger partial charge < -0.3 is 29.6 Å². The van der Waals surface area contributed by atoms with Gasteiger partial charge in [-0.2, -0.15) is 0 Å². The molecule has 3 atom stereocenters. The average Bonchev–Trinajstić information content (AvgIpc) is 3.19. The first kappa shape index (κ1) is 46.4. The zero-order chi connectivity index (χ0) is 43.3. The second-order valence-electron chi connectivity index (χ2n) is 16.3. The largest absolute Gasteiger partial charge is 0.480 e. The summed E-state index contributed by atoms with van der Waals surface area (Å²) in [7, 11) is -7.47. The second-order valence-corrected chi connectivity index (χ2v) is 22.8. The molecule has 0 heterocycles. The zero-order valence-electron chi connectivity index (χ0n) is 34.6. The van der Waals surface area contributed by atoms with E-state index in [1.165, 1.54) is 12.1 Å². The number of ketones is 1. The number of nitrogens with one attached hydrogen (secondary N) is 2. The number of Topliss-reactive ketones (excluding diaryl/α,β-unsaturated/α-hetero) is 1. The molecule has 59 heavy (non-hydrogen) atoms. The van der Waals surface area contributed by atoms with Crippen LogP contribution in [0.25, 0.3) is 0 Å². The molecule has 4 rings (SSSR count). The van der Waals surface area contributed by atoms with E-state index in [4.69, 9.17) is 13.9 Å². The molecule has 14 heteroatoms. The maximum Gasteiger partial charge on any atom is 0.408 e. The summed E-state index contributed by atoms with van der Waals surface area (Å²) in [5.41, 5.74) is -0.139. The van der Waals surface area contributed by atoms with Crippen LogP contribution in [0.15, 0.2) is 126 Å². The van der Waals surface area contributed by atoms with Gasteiger partial charge in [0.25, 0.3) is 8.32 Å². The van der Waals surface area contributed by atoms with Crippen molar-refractivity contribution in [3.63, 3.8) is 0 Å². The number of amides is 2. The second kappa shape index (κ2) is 20.6. The molecule has 316 valence electrons. The summed E-state index contributed by atoms with van der Waals surface area (Å²) in [5.74, 6) is -2.16. The number of benzene rings is 4. The molecule has 2 amide bonds. The molecular formula is C45H56N2O10SSi.